The van der Waals surface area contributed by atoms with Gasteiger partial charge in [0.05, 0.1) is 63.4 Å². The van der Waals surface area contributed by atoms with E-state index in [0.717, 1.165) is 5.69 Å². The molecule has 2 heterocycles. The lowest BCUT2D eigenvalue weighted by Crippen LogP contribution is -2.39. The lowest BCUT2D eigenvalue weighted by molar-refractivity contribution is -0.109. The molecule has 28 heavy (non-hydrogen) atoms. The Morgan fingerprint density at radius 1 is 1.04 bits per heavy atom. The van der Waals surface area contributed by atoms with Crippen LogP contribution in [0.25, 0.3) is 0 Å². The van der Waals surface area contributed by atoms with Gasteiger partial charge in [-0.05, 0) is 0 Å². The zero-order chi connectivity index (χ0) is 20.1. The van der Waals surface area contributed by atoms with Gasteiger partial charge in [0.2, 0.25) is 6.41 Å². The van der Waals surface area contributed by atoms with E-state index < -0.39 is 9.84 Å². The third kappa shape index (κ3) is 9.55. The predicted octanol–water partition coefficient (Wildman–Crippen LogP) is -1.70. The lowest BCUT2D eigenvalue weighted by atomic mass is 10.4. The zero-order valence-electron chi connectivity index (χ0n) is 16.0. The number of hydrogen-bond acceptors (Lipinski definition) is 9. The van der Waals surface area contributed by atoms with Gasteiger partial charge >= 0.3 is 0 Å². The minimum Gasteiger partial charge on any atom is -0.377 e. The molecule has 160 valence electrons. The molecular weight excluding hydrogens is 390 g/mol. The Labute approximate surface area is 165 Å². The maximum Gasteiger partial charge on any atom is 0.207 e. The van der Waals surface area contributed by atoms with E-state index in [1.807, 2.05) is 6.20 Å². The molecule has 0 saturated carbocycles. The fourth-order valence-corrected chi connectivity index (χ4v) is 3.82. The largest absolute Gasteiger partial charge is 0.377 e. The molecule has 1 fully saturated rings. The highest BCUT2D eigenvalue weighted by atomic mass is 32.2. The van der Waals surface area contributed by atoms with Crippen molar-refractivity contribution in [2.75, 3.05) is 70.8 Å². The molecule has 0 radical (unpaired) electrons. The number of hydrogen-bond donors (Lipinski definition) is 1. The van der Waals surface area contributed by atoms with Gasteiger partial charge in [0.1, 0.15) is 0 Å². The molecule has 11 nitrogen and oxygen atoms in total. The van der Waals surface area contributed by atoms with Crippen molar-refractivity contribution in [2.45, 2.75) is 13.1 Å². The second-order valence-corrected chi connectivity index (χ2v) is 8.61. The SMILES string of the molecule is O=CNCCOCCOCCOCCn1cc(CN2CCS(=O)(=O)CC2)nn1. The van der Waals surface area contributed by atoms with Crippen LogP contribution in [0.5, 0.6) is 0 Å². The van der Waals surface area contributed by atoms with Gasteiger partial charge in [-0.2, -0.15) is 0 Å². The molecule has 0 atom stereocenters. The first-order valence-corrected chi connectivity index (χ1v) is 11.1. The lowest BCUT2D eigenvalue weighted by Gasteiger charge is -2.25. The Morgan fingerprint density at radius 3 is 2.36 bits per heavy atom. The molecule has 0 bridgehead atoms. The first-order valence-electron chi connectivity index (χ1n) is 9.31. The Bertz CT molecular complexity index is 654. The average Bonchev–Trinajstić information content (AvgIpc) is 3.12. The van der Waals surface area contributed by atoms with Crippen LogP contribution in [0.2, 0.25) is 0 Å². The molecule has 0 unspecified atom stereocenters. The summed E-state index contributed by atoms with van der Waals surface area (Å²) in [7, 11) is -2.86. The average molecular weight is 420 g/mol. The van der Waals surface area contributed by atoms with Gasteiger partial charge < -0.3 is 19.5 Å². The van der Waals surface area contributed by atoms with E-state index in [-0.39, 0.29) is 11.5 Å². The molecule has 1 N–H and O–H groups in total. The molecule has 2 rings (SSSR count). The fourth-order valence-electron chi connectivity index (χ4n) is 2.55. The van der Waals surface area contributed by atoms with Crippen molar-refractivity contribution in [1.82, 2.24) is 25.2 Å². The molecule has 1 aromatic heterocycles. The summed E-state index contributed by atoms with van der Waals surface area (Å²) >= 11 is 0. The third-order valence-corrected chi connectivity index (χ3v) is 5.70. The van der Waals surface area contributed by atoms with Gasteiger partial charge in [-0.15, -0.1) is 5.10 Å². The first kappa shape index (κ1) is 22.7. The fraction of sp³-hybridized carbons (Fsp3) is 0.812. The summed E-state index contributed by atoms with van der Waals surface area (Å²) in [5.41, 5.74) is 0.825. The molecule has 1 aliphatic heterocycles. The molecule has 1 aromatic rings. The van der Waals surface area contributed by atoms with E-state index in [0.29, 0.717) is 78.8 Å². The van der Waals surface area contributed by atoms with Crippen molar-refractivity contribution >= 4 is 16.2 Å². The van der Waals surface area contributed by atoms with Crippen LogP contribution in [-0.2, 0) is 41.9 Å². The summed E-state index contributed by atoms with van der Waals surface area (Å²) in [6.45, 7) is 5.67. The van der Waals surface area contributed by atoms with Crippen LogP contribution < -0.4 is 5.32 Å². The van der Waals surface area contributed by atoms with E-state index in [9.17, 15) is 13.2 Å². The molecule has 1 amide bonds. The number of carbonyl (C=O) groups excluding carboxylic acids is 1. The third-order valence-electron chi connectivity index (χ3n) is 4.09. The van der Waals surface area contributed by atoms with Crippen LogP contribution in [0.15, 0.2) is 6.20 Å². The molecule has 0 aromatic carbocycles. The maximum atomic E-state index is 11.4. The quantitative estimate of drug-likeness (QED) is 0.262. The molecular formula is C16H29N5O6S. The van der Waals surface area contributed by atoms with Crippen LogP contribution in [0.3, 0.4) is 0 Å². The van der Waals surface area contributed by atoms with Crippen molar-refractivity contribution < 1.29 is 27.4 Å². The number of ether oxygens (including phenoxy) is 3. The van der Waals surface area contributed by atoms with Gasteiger partial charge in [-0.25, -0.2) is 13.1 Å². The van der Waals surface area contributed by atoms with Crippen LogP contribution >= 0.6 is 0 Å². The Kier molecular flexibility index (Phi) is 10.4. The predicted molar refractivity (Wildman–Crippen MR) is 100 cm³/mol. The summed E-state index contributed by atoms with van der Waals surface area (Å²) < 4.78 is 40.7. The van der Waals surface area contributed by atoms with Gasteiger partial charge in [-0.1, -0.05) is 5.21 Å². The van der Waals surface area contributed by atoms with Gasteiger partial charge in [0, 0.05) is 32.4 Å². The van der Waals surface area contributed by atoms with Crippen molar-refractivity contribution in [2.24, 2.45) is 0 Å². The van der Waals surface area contributed by atoms with E-state index in [1.165, 1.54) is 0 Å². The van der Waals surface area contributed by atoms with E-state index in [4.69, 9.17) is 14.2 Å². The van der Waals surface area contributed by atoms with Gasteiger partial charge in [-0.3, -0.25) is 9.69 Å². The van der Waals surface area contributed by atoms with Crippen molar-refractivity contribution in [3.63, 3.8) is 0 Å². The van der Waals surface area contributed by atoms with Gasteiger partial charge in [0.25, 0.3) is 0 Å². The summed E-state index contributed by atoms with van der Waals surface area (Å²) in [4.78, 5) is 12.1. The number of nitrogens with one attached hydrogen (secondary N) is 1. The molecule has 0 aliphatic carbocycles. The van der Waals surface area contributed by atoms with Crippen LogP contribution in [0.4, 0.5) is 0 Å². The smallest absolute Gasteiger partial charge is 0.207 e. The Morgan fingerprint density at radius 2 is 1.68 bits per heavy atom. The Balaban J connectivity index is 1.45. The van der Waals surface area contributed by atoms with E-state index in [2.05, 4.69) is 20.5 Å². The maximum absolute atomic E-state index is 11.4. The van der Waals surface area contributed by atoms with Crippen molar-refractivity contribution in [3.8, 4) is 0 Å². The monoisotopic (exact) mass is 419 g/mol. The van der Waals surface area contributed by atoms with Crippen LogP contribution in [0.1, 0.15) is 5.69 Å². The number of amides is 1. The van der Waals surface area contributed by atoms with Crippen LogP contribution in [-0.4, -0.2) is 106 Å². The highest BCUT2D eigenvalue weighted by molar-refractivity contribution is 7.91. The van der Waals surface area contributed by atoms with E-state index in [1.54, 1.807) is 4.68 Å². The number of rotatable bonds is 15. The normalized spacial score (nSPS) is 16.9. The molecule has 12 heteroatoms. The molecule has 1 saturated heterocycles. The topological polar surface area (TPSA) is 125 Å². The number of carbonyl (C=O) groups is 1. The minimum atomic E-state index is -2.86. The highest BCUT2D eigenvalue weighted by Gasteiger charge is 2.22. The van der Waals surface area contributed by atoms with Gasteiger partial charge in [0.15, 0.2) is 9.84 Å². The van der Waals surface area contributed by atoms with E-state index >= 15 is 0 Å². The highest BCUT2D eigenvalue weighted by Crippen LogP contribution is 2.07. The zero-order valence-corrected chi connectivity index (χ0v) is 16.8. The second kappa shape index (κ2) is 12.8. The molecule has 0 spiro atoms. The summed E-state index contributed by atoms with van der Waals surface area (Å²) in [5.74, 6) is 0.418. The number of sulfone groups is 1. The van der Waals surface area contributed by atoms with Crippen LogP contribution in [0, 0.1) is 0 Å². The molecule has 1 aliphatic rings. The second-order valence-electron chi connectivity index (χ2n) is 6.31. The van der Waals surface area contributed by atoms with Crippen molar-refractivity contribution in [1.29, 1.82) is 0 Å². The summed E-state index contributed by atoms with van der Waals surface area (Å²) in [6.07, 6.45) is 2.50. The first-order chi connectivity index (χ1) is 13.6. The summed E-state index contributed by atoms with van der Waals surface area (Å²) in [6, 6.07) is 0. The minimum absolute atomic E-state index is 0.209. The summed E-state index contributed by atoms with van der Waals surface area (Å²) in [5, 5.41) is 10.7. The standard InChI is InChI=1S/C16H29N5O6S/c22-15-17-1-5-25-7-9-27-10-8-26-6-2-21-14-16(18-19-21)13-20-3-11-28(23,24)12-4-20/h14-15H,1-13H2,(H,17,22). The number of aromatic nitrogens is 3. The Hall–Kier alpha value is -1.60. The number of nitrogens with zero attached hydrogens (tertiary/aromatic N) is 4. The van der Waals surface area contributed by atoms with Crippen molar-refractivity contribution in [3.05, 3.63) is 11.9 Å².